The maximum Gasteiger partial charge on any atom is 0.322 e. The number of carbonyl (C=O) groups excluding carboxylic acids is 2. The van der Waals surface area contributed by atoms with E-state index in [1.165, 1.54) is 29.2 Å². The van der Waals surface area contributed by atoms with Crippen molar-refractivity contribution >= 4 is 23.5 Å². The van der Waals surface area contributed by atoms with Crippen LogP contribution in [0.15, 0.2) is 102 Å². The lowest BCUT2D eigenvalue weighted by molar-refractivity contribution is -0.135. The first kappa shape index (κ1) is 28.5. The van der Waals surface area contributed by atoms with E-state index in [2.05, 4.69) is 16.4 Å². The number of benzene rings is 3. The lowest BCUT2D eigenvalue weighted by Gasteiger charge is -2.24. The number of nitriles is 1. The molecule has 0 unspecified atom stereocenters. The summed E-state index contributed by atoms with van der Waals surface area (Å²) in [7, 11) is 0. The molecule has 2 aromatic heterocycles. The number of carboxylic acid groups (broad SMARTS) is 1. The molecule has 0 bridgehead atoms. The highest BCUT2D eigenvalue weighted by molar-refractivity contribution is 6.06. The minimum Gasteiger partial charge on any atom is -0.480 e. The third kappa shape index (κ3) is 6.83. The maximum atomic E-state index is 14.0. The third-order valence-corrected chi connectivity index (χ3v) is 6.56. The molecule has 0 saturated heterocycles. The van der Waals surface area contributed by atoms with Crippen LogP contribution < -0.4 is 10.2 Å². The first-order valence-corrected chi connectivity index (χ1v) is 13.1. The van der Waals surface area contributed by atoms with E-state index in [4.69, 9.17) is 14.8 Å². The second-order valence-corrected chi connectivity index (χ2v) is 9.51. The van der Waals surface area contributed by atoms with Crippen molar-refractivity contribution in [3.8, 4) is 17.4 Å². The SMILES string of the molecule is N#Cc1ccc(Cn2cncc2CN(C(=O)c2cccc(F)c2)c2ccc(-c3ccc(C(=O)NCC(=O)O)o3)cc2)cc1. The number of amides is 2. The summed E-state index contributed by atoms with van der Waals surface area (Å²) < 4.78 is 21.5. The van der Waals surface area contributed by atoms with Crippen LogP contribution in [0.1, 0.15) is 37.7 Å². The molecule has 0 spiro atoms. The zero-order valence-corrected chi connectivity index (χ0v) is 22.6. The molecule has 43 heavy (non-hydrogen) atoms. The van der Waals surface area contributed by atoms with Crippen molar-refractivity contribution in [3.05, 3.63) is 131 Å². The first-order valence-electron chi connectivity index (χ1n) is 13.1. The largest absolute Gasteiger partial charge is 0.480 e. The molecule has 0 saturated carbocycles. The smallest absolute Gasteiger partial charge is 0.322 e. The van der Waals surface area contributed by atoms with Gasteiger partial charge in [0, 0.05) is 29.6 Å². The topological polar surface area (TPSA) is 141 Å². The number of carbonyl (C=O) groups is 3. The number of hydrogen-bond donors (Lipinski definition) is 2. The van der Waals surface area contributed by atoms with Gasteiger partial charge in [0.2, 0.25) is 0 Å². The highest BCUT2D eigenvalue weighted by Crippen LogP contribution is 2.27. The molecule has 2 heterocycles. The number of halogens is 1. The summed E-state index contributed by atoms with van der Waals surface area (Å²) in [6.45, 7) is 0.0492. The van der Waals surface area contributed by atoms with Crippen molar-refractivity contribution in [1.29, 1.82) is 5.26 Å². The van der Waals surface area contributed by atoms with Crippen LogP contribution in [0.5, 0.6) is 0 Å². The van der Waals surface area contributed by atoms with Gasteiger partial charge < -0.3 is 24.3 Å². The molecule has 2 N–H and O–H groups in total. The molecule has 2 amide bonds. The Labute approximate surface area is 245 Å². The van der Waals surface area contributed by atoms with Crippen LogP contribution in [0, 0.1) is 17.1 Å². The number of hydrogen-bond acceptors (Lipinski definition) is 6. The highest BCUT2D eigenvalue weighted by Gasteiger charge is 2.21. The summed E-state index contributed by atoms with van der Waals surface area (Å²) in [6, 6.07) is 24.6. The van der Waals surface area contributed by atoms with Gasteiger partial charge in [0.25, 0.3) is 11.8 Å². The summed E-state index contributed by atoms with van der Waals surface area (Å²) >= 11 is 0. The van der Waals surface area contributed by atoms with Crippen molar-refractivity contribution in [2.75, 3.05) is 11.4 Å². The second-order valence-electron chi connectivity index (χ2n) is 9.51. The predicted octanol–water partition coefficient (Wildman–Crippen LogP) is 4.86. The molecule has 0 atom stereocenters. The fourth-order valence-electron chi connectivity index (χ4n) is 4.39. The van der Waals surface area contributed by atoms with Crippen LogP contribution in [-0.4, -0.2) is 39.0 Å². The molecule has 0 aliphatic carbocycles. The van der Waals surface area contributed by atoms with E-state index in [1.807, 2.05) is 16.7 Å². The van der Waals surface area contributed by atoms with Crippen molar-refractivity contribution in [2.24, 2.45) is 0 Å². The molecule has 10 nitrogen and oxygen atoms in total. The van der Waals surface area contributed by atoms with Gasteiger partial charge in [-0.15, -0.1) is 0 Å². The number of rotatable bonds is 10. The lowest BCUT2D eigenvalue weighted by atomic mass is 10.1. The number of carboxylic acids is 1. The Morgan fingerprint density at radius 2 is 1.79 bits per heavy atom. The minimum absolute atomic E-state index is 0.0428. The number of nitrogens with one attached hydrogen (secondary N) is 1. The van der Waals surface area contributed by atoms with Crippen LogP contribution in [-0.2, 0) is 17.9 Å². The van der Waals surface area contributed by atoms with Gasteiger partial charge in [0.15, 0.2) is 5.76 Å². The average Bonchev–Trinajstić information content (AvgIpc) is 3.69. The number of anilines is 1. The Balaban J connectivity index is 1.41. The van der Waals surface area contributed by atoms with E-state index in [0.717, 1.165) is 11.3 Å². The Hall–Kier alpha value is -6.02. The Morgan fingerprint density at radius 1 is 1.02 bits per heavy atom. The third-order valence-electron chi connectivity index (χ3n) is 6.56. The molecule has 11 heteroatoms. The summed E-state index contributed by atoms with van der Waals surface area (Å²) in [4.78, 5) is 42.3. The molecule has 5 rings (SSSR count). The number of aliphatic carboxylic acids is 1. The summed E-state index contributed by atoms with van der Waals surface area (Å²) in [6.07, 6.45) is 3.31. The molecular formula is C32H24FN5O5. The van der Waals surface area contributed by atoms with Crippen molar-refractivity contribution in [1.82, 2.24) is 14.9 Å². The summed E-state index contributed by atoms with van der Waals surface area (Å²) in [5.74, 6) is -2.46. The lowest BCUT2D eigenvalue weighted by Crippen LogP contribution is -2.31. The van der Waals surface area contributed by atoms with E-state index in [1.54, 1.807) is 61.1 Å². The molecule has 0 aliphatic rings. The number of furan rings is 1. The standard InChI is InChI=1S/C32H24FN5O5/c33-25-3-1-2-24(14-25)32(42)38(19-27-16-35-20-37(27)18-22-6-4-21(15-34)5-7-22)26-10-8-23(9-11-26)28-12-13-29(43-28)31(41)36-17-30(39)40/h1-14,16,20H,17-19H2,(H,36,41)(H,39,40). The van der Waals surface area contributed by atoms with E-state index in [9.17, 15) is 18.8 Å². The fourth-order valence-corrected chi connectivity index (χ4v) is 4.39. The molecule has 0 aliphatic heterocycles. The number of aromatic nitrogens is 2. The van der Waals surface area contributed by atoms with Crippen molar-refractivity contribution in [3.63, 3.8) is 0 Å². The van der Waals surface area contributed by atoms with Crippen LogP contribution in [0.4, 0.5) is 10.1 Å². The van der Waals surface area contributed by atoms with Gasteiger partial charge in [-0.1, -0.05) is 18.2 Å². The summed E-state index contributed by atoms with van der Waals surface area (Å²) in [5.41, 5.74) is 3.53. The zero-order chi connectivity index (χ0) is 30.3. The quantitative estimate of drug-likeness (QED) is 0.241. The highest BCUT2D eigenvalue weighted by atomic mass is 19.1. The van der Waals surface area contributed by atoms with Crippen LogP contribution >= 0.6 is 0 Å². The fraction of sp³-hybridized carbons (Fsp3) is 0.0938. The molecule has 0 fully saturated rings. The van der Waals surface area contributed by atoms with Gasteiger partial charge in [-0.05, 0) is 72.3 Å². The molecule has 3 aromatic carbocycles. The molecular weight excluding hydrogens is 553 g/mol. The second kappa shape index (κ2) is 12.7. The Morgan fingerprint density at radius 3 is 2.49 bits per heavy atom. The normalized spacial score (nSPS) is 10.6. The zero-order valence-electron chi connectivity index (χ0n) is 22.6. The van der Waals surface area contributed by atoms with Gasteiger partial charge in [0.1, 0.15) is 18.1 Å². The monoisotopic (exact) mass is 577 g/mol. The van der Waals surface area contributed by atoms with Crippen molar-refractivity contribution < 1.29 is 28.3 Å². The predicted molar refractivity (Wildman–Crippen MR) is 154 cm³/mol. The Kier molecular flexibility index (Phi) is 8.39. The van der Waals surface area contributed by atoms with Gasteiger partial charge in [-0.25, -0.2) is 9.37 Å². The first-order chi connectivity index (χ1) is 20.8. The average molecular weight is 578 g/mol. The summed E-state index contributed by atoms with van der Waals surface area (Å²) in [5, 5.41) is 20.1. The van der Waals surface area contributed by atoms with E-state index in [0.29, 0.717) is 29.1 Å². The van der Waals surface area contributed by atoms with Crippen molar-refractivity contribution in [2.45, 2.75) is 13.1 Å². The molecule has 214 valence electrons. The van der Waals surface area contributed by atoms with E-state index in [-0.39, 0.29) is 17.9 Å². The van der Waals surface area contributed by atoms with E-state index < -0.39 is 30.1 Å². The maximum absolute atomic E-state index is 14.0. The van der Waals surface area contributed by atoms with Crippen LogP contribution in [0.2, 0.25) is 0 Å². The number of imidazole rings is 1. The molecule has 0 radical (unpaired) electrons. The van der Waals surface area contributed by atoms with Crippen LogP contribution in [0.25, 0.3) is 11.3 Å². The Bertz CT molecular complexity index is 1820. The van der Waals surface area contributed by atoms with Gasteiger partial charge in [-0.2, -0.15) is 5.26 Å². The number of nitrogens with zero attached hydrogens (tertiary/aromatic N) is 4. The molecule has 5 aromatic rings. The van der Waals surface area contributed by atoms with Gasteiger partial charge in [0.05, 0.1) is 30.2 Å². The van der Waals surface area contributed by atoms with Gasteiger partial charge >= 0.3 is 5.97 Å². The van der Waals surface area contributed by atoms with Gasteiger partial charge in [-0.3, -0.25) is 14.4 Å². The van der Waals surface area contributed by atoms with Crippen LogP contribution in [0.3, 0.4) is 0 Å². The minimum atomic E-state index is -1.18. The van der Waals surface area contributed by atoms with E-state index >= 15 is 0 Å².